The molecule has 0 unspecified atom stereocenters. The number of β-amino-alcohol motifs (C(OH)–C–C–N with tert-alkyl or cyclic N) is 1. The summed E-state index contributed by atoms with van der Waals surface area (Å²) >= 11 is 0. The lowest BCUT2D eigenvalue weighted by Gasteiger charge is -2.35. The molecule has 1 aromatic rings. The Morgan fingerprint density at radius 1 is 1.15 bits per heavy atom. The average Bonchev–Trinajstić information content (AvgIpc) is 3.25. The Bertz CT molecular complexity index is 442. The highest BCUT2D eigenvalue weighted by molar-refractivity contribution is 5.16. The quantitative estimate of drug-likeness (QED) is 0.888. The predicted octanol–water partition coefficient (Wildman–Crippen LogP) is 1.71. The predicted molar refractivity (Wildman–Crippen MR) is 76.8 cm³/mol. The van der Waals surface area contributed by atoms with Crippen molar-refractivity contribution >= 4 is 0 Å². The maximum Gasteiger partial charge on any atom is 0.123 e. The zero-order valence-electron chi connectivity index (χ0n) is 11.8. The zero-order chi connectivity index (χ0) is 13.9. The Kier molecular flexibility index (Phi) is 4.34. The first-order chi connectivity index (χ1) is 9.70. The van der Waals surface area contributed by atoms with Crippen molar-refractivity contribution in [1.29, 1.82) is 0 Å². The minimum absolute atomic E-state index is 0.134. The Balaban J connectivity index is 1.43. The monoisotopic (exact) mass is 278 g/mol. The van der Waals surface area contributed by atoms with E-state index in [1.54, 1.807) is 12.1 Å². The van der Waals surface area contributed by atoms with Crippen molar-refractivity contribution in [1.82, 2.24) is 9.80 Å². The Hall–Kier alpha value is -0.970. The lowest BCUT2D eigenvalue weighted by Crippen LogP contribution is -2.48. The summed E-state index contributed by atoms with van der Waals surface area (Å²) in [7, 11) is 0. The van der Waals surface area contributed by atoms with Gasteiger partial charge < -0.3 is 5.11 Å². The molecule has 1 atom stereocenters. The third-order valence-electron chi connectivity index (χ3n) is 4.37. The standard InChI is InChI=1S/C16H23FN2O/c17-15-3-1-2-13(10-15)11-18-6-8-19(9-7-18)12-16(20)14-4-5-14/h1-3,10,14,16,20H,4-9,11-12H2/t16-/m0/s1. The van der Waals surface area contributed by atoms with Crippen molar-refractivity contribution in [2.24, 2.45) is 5.92 Å². The van der Waals surface area contributed by atoms with Gasteiger partial charge in [0.15, 0.2) is 0 Å². The first-order valence-electron chi connectivity index (χ1n) is 7.58. The van der Waals surface area contributed by atoms with Crippen molar-refractivity contribution in [2.45, 2.75) is 25.5 Å². The van der Waals surface area contributed by atoms with Gasteiger partial charge >= 0.3 is 0 Å². The fraction of sp³-hybridized carbons (Fsp3) is 0.625. The molecule has 0 spiro atoms. The average molecular weight is 278 g/mol. The van der Waals surface area contributed by atoms with E-state index in [4.69, 9.17) is 0 Å². The van der Waals surface area contributed by atoms with Gasteiger partial charge in [0.25, 0.3) is 0 Å². The van der Waals surface area contributed by atoms with Crippen LogP contribution in [0.1, 0.15) is 18.4 Å². The topological polar surface area (TPSA) is 26.7 Å². The van der Waals surface area contributed by atoms with Gasteiger partial charge in [-0.15, -0.1) is 0 Å². The van der Waals surface area contributed by atoms with Crippen molar-refractivity contribution in [3.05, 3.63) is 35.6 Å². The van der Waals surface area contributed by atoms with Gasteiger partial charge in [0, 0.05) is 39.3 Å². The zero-order valence-corrected chi connectivity index (χ0v) is 11.8. The van der Waals surface area contributed by atoms with E-state index in [-0.39, 0.29) is 11.9 Å². The number of hydrogen-bond donors (Lipinski definition) is 1. The van der Waals surface area contributed by atoms with E-state index in [1.165, 1.54) is 18.9 Å². The Morgan fingerprint density at radius 3 is 2.50 bits per heavy atom. The minimum atomic E-state index is -0.159. The molecule has 110 valence electrons. The summed E-state index contributed by atoms with van der Waals surface area (Å²) < 4.78 is 13.2. The molecule has 0 aromatic heterocycles. The van der Waals surface area contributed by atoms with Crippen LogP contribution in [0.5, 0.6) is 0 Å². The van der Waals surface area contributed by atoms with Gasteiger partial charge in [0.1, 0.15) is 5.82 Å². The van der Waals surface area contributed by atoms with Gasteiger partial charge in [-0.25, -0.2) is 4.39 Å². The van der Waals surface area contributed by atoms with Crippen LogP contribution in [-0.4, -0.2) is 53.7 Å². The van der Waals surface area contributed by atoms with Gasteiger partial charge in [-0.3, -0.25) is 9.80 Å². The summed E-state index contributed by atoms with van der Waals surface area (Å²) in [6.45, 7) is 5.62. The summed E-state index contributed by atoms with van der Waals surface area (Å²) in [5.74, 6) is 0.397. The second kappa shape index (κ2) is 6.20. The highest BCUT2D eigenvalue weighted by atomic mass is 19.1. The Morgan fingerprint density at radius 2 is 1.85 bits per heavy atom. The molecule has 2 aliphatic rings. The van der Waals surface area contributed by atoms with Crippen molar-refractivity contribution in [3.8, 4) is 0 Å². The molecule has 1 saturated heterocycles. The van der Waals surface area contributed by atoms with Crippen LogP contribution in [0.3, 0.4) is 0 Å². The number of benzene rings is 1. The van der Waals surface area contributed by atoms with E-state index in [2.05, 4.69) is 9.80 Å². The van der Waals surface area contributed by atoms with Gasteiger partial charge in [0.2, 0.25) is 0 Å². The number of nitrogens with zero attached hydrogens (tertiary/aromatic N) is 2. The molecule has 1 heterocycles. The molecule has 1 aliphatic heterocycles. The normalized spacial score (nSPS) is 22.9. The molecule has 1 N–H and O–H groups in total. The second-order valence-electron chi connectivity index (χ2n) is 6.11. The third-order valence-corrected chi connectivity index (χ3v) is 4.37. The molecule has 0 amide bonds. The van der Waals surface area contributed by atoms with Crippen LogP contribution in [0.25, 0.3) is 0 Å². The first kappa shape index (κ1) is 14.0. The van der Waals surface area contributed by atoms with Crippen LogP contribution in [0.4, 0.5) is 4.39 Å². The summed E-state index contributed by atoms with van der Waals surface area (Å²) in [5, 5.41) is 9.98. The molecule has 4 heteroatoms. The minimum Gasteiger partial charge on any atom is -0.392 e. The fourth-order valence-corrected chi connectivity index (χ4v) is 2.92. The summed E-state index contributed by atoms with van der Waals surface area (Å²) in [4.78, 5) is 4.71. The maximum absolute atomic E-state index is 13.2. The van der Waals surface area contributed by atoms with Crippen molar-refractivity contribution in [2.75, 3.05) is 32.7 Å². The molecule has 2 fully saturated rings. The number of aliphatic hydroxyl groups excluding tert-OH is 1. The van der Waals surface area contributed by atoms with Gasteiger partial charge in [0.05, 0.1) is 6.10 Å². The van der Waals surface area contributed by atoms with E-state index in [1.807, 2.05) is 6.07 Å². The lowest BCUT2D eigenvalue weighted by atomic mass is 10.1. The number of rotatable bonds is 5. The van der Waals surface area contributed by atoms with Crippen LogP contribution < -0.4 is 0 Å². The summed E-state index contributed by atoms with van der Waals surface area (Å²) in [5.41, 5.74) is 1.04. The summed E-state index contributed by atoms with van der Waals surface area (Å²) in [6, 6.07) is 6.85. The van der Waals surface area contributed by atoms with E-state index in [0.29, 0.717) is 5.92 Å². The summed E-state index contributed by atoms with van der Waals surface area (Å²) in [6.07, 6.45) is 2.26. The Labute approximate surface area is 120 Å². The van der Waals surface area contributed by atoms with Crippen molar-refractivity contribution in [3.63, 3.8) is 0 Å². The largest absolute Gasteiger partial charge is 0.392 e. The maximum atomic E-state index is 13.2. The third kappa shape index (κ3) is 3.78. The molecule has 0 bridgehead atoms. The second-order valence-corrected chi connectivity index (χ2v) is 6.11. The SMILES string of the molecule is O[C@@H](CN1CCN(Cc2cccc(F)c2)CC1)C1CC1. The number of hydrogen-bond acceptors (Lipinski definition) is 3. The van der Waals surface area contributed by atoms with E-state index >= 15 is 0 Å². The van der Waals surface area contributed by atoms with E-state index in [9.17, 15) is 9.50 Å². The van der Waals surface area contributed by atoms with Crippen LogP contribution in [0, 0.1) is 11.7 Å². The molecule has 1 aliphatic carbocycles. The lowest BCUT2D eigenvalue weighted by molar-refractivity contribution is 0.0601. The number of piperazine rings is 1. The first-order valence-corrected chi connectivity index (χ1v) is 7.58. The molecule has 3 rings (SSSR count). The highest BCUT2D eigenvalue weighted by Gasteiger charge is 2.31. The van der Waals surface area contributed by atoms with Crippen LogP contribution in [0.15, 0.2) is 24.3 Å². The van der Waals surface area contributed by atoms with Crippen LogP contribution >= 0.6 is 0 Å². The smallest absolute Gasteiger partial charge is 0.123 e. The molecule has 3 nitrogen and oxygen atoms in total. The van der Waals surface area contributed by atoms with Gasteiger partial charge in [-0.1, -0.05) is 12.1 Å². The molecule has 1 saturated carbocycles. The fourth-order valence-electron chi connectivity index (χ4n) is 2.92. The molecular formula is C16H23FN2O. The number of halogens is 1. The van der Waals surface area contributed by atoms with E-state index < -0.39 is 0 Å². The van der Waals surface area contributed by atoms with Gasteiger partial charge in [-0.05, 0) is 36.5 Å². The number of aliphatic hydroxyl groups is 1. The molecule has 0 radical (unpaired) electrons. The van der Waals surface area contributed by atoms with Crippen LogP contribution in [-0.2, 0) is 6.54 Å². The molecular weight excluding hydrogens is 255 g/mol. The molecule has 20 heavy (non-hydrogen) atoms. The van der Waals surface area contributed by atoms with Gasteiger partial charge in [-0.2, -0.15) is 0 Å². The van der Waals surface area contributed by atoms with Crippen LogP contribution in [0.2, 0.25) is 0 Å². The van der Waals surface area contributed by atoms with Crippen molar-refractivity contribution < 1.29 is 9.50 Å². The molecule has 1 aromatic carbocycles. The highest BCUT2D eigenvalue weighted by Crippen LogP contribution is 2.32. The van der Waals surface area contributed by atoms with E-state index in [0.717, 1.165) is 44.8 Å².